The molecule has 0 aromatic heterocycles. The number of alkyl halides is 1. The fraction of sp³-hybridized carbons (Fsp3) is 0.714. The summed E-state index contributed by atoms with van der Waals surface area (Å²) in [6.07, 6.45) is 8.74. The molecule has 1 fully saturated rings. The van der Waals surface area contributed by atoms with E-state index < -0.39 is 6.17 Å². The van der Waals surface area contributed by atoms with Gasteiger partial charge < -0.3 is 4.74 Å². The summed E-state index contributed by atoms with van der Waals surface area (Å²) < 4.78 is 20.0. The first-order chi connectivity index (χ1) is 11.2. The van der Waals surface area contributed by atoms with E-state index in [9.17, 15) is 4.39 Å². The molecule has 0 bridgehead atoms. The van der Waals surface area contributed by atoms with Gasteiger partial charge in [-0.15, -0.1) is 0 Å². The average molecular weight is 320 g/mol. The van der Waals surface area contributed by atoms with Gasteiger partial charge in [0.25, 0.3) is 0 Å². The molecule has 2 atom stereocenters. The van der Waals surface area contributed by atoms with E-state index in [0.717, 1.165) is 30.4 Å². The Kier molecular flexibility index (Phi) is 7.91. The number of ether oxygens (including phenoxy) is 1. The number of hydrogen-bond donors (Lipinski definition) is 0. The van der Waals surface area contributed by atoms with E-state index >= 15 is 0 Å². The Morgan fingerprint density at radius 2 is 1.78 bits per heavy atom. The first-order valence-electron chi connectivity index (χ1n) is 9.54. The molecule has 1 aromatic carbocycles. The van der Waals surface area contributed by atoms with Crippen molar-refractivity contribution in [1.82, 2.24) is 0 Å². The summed E-state index contributed by atoms with van der Waals surface area (Å²) in [5.41, 5.74) is 0. The first kappa shape index (κ1) is 18.3. The van der Waals surface area contributed by atoms with Crippen molar-refractivity contribution < 1.29 is 9.13 Å². The van der Waals surface area contributed by atoms with Gasteiger partial charge in [0.15, 0.2) is 0 Å². The Labute approximate surface area is 141 Å². The third kappa shape index (κ3) is 6.16. The Balaban J connectivity index is 1.79. The lowest BCUT2D eigenvalue weighted by Gasteiger charge is -2.34. The molecule has 130 valence electrons. The van der Waals surface area contributed by atoms with Crippen LogP contribution in [-0.2, 0) is 0 Å². The predicted octanol–water partition coefficient (Wildman–Crippen LogP) is 6.43. The highest BCUT2D eigenvalue weighted by Gasteiger charge is 2.28. The molecular weight excluding hydrogens is 287 g/mol. The lowest BCUT2D eigenvalue weighted by atomic mass is 9.72. The van der Waals surface area contributed by atoms with Crippen LogP contribution in [0, 0.1) is 17.8 Å². The minimum absolute atomic E-state index is 0.189. The average Bonchev–Trinajstić information content (AvgIpc) is 2.60. The number of halogens is 1. The van der Waals surface area contributed by atoms with Crippen molar-refractivity contribution in [3.05, 3.63) is 30.3 Å². The molecular formula is C21H33FO. The van der Waals surface area contributed by atoms with Crippen molar-refractivity contribution in [3.63, 3.8) is 0 Å². The van der Waals surface area contributed by atoms with Gasteiger partial charge in [0, 0.05) is 0 Å². The highest BCUT2D eigenvalue weighted by atomic mass is 19.1. The summed E-state index contributed by atoms with van der Waals surface area (Å²) in [5, 5.41) is 0. The maximum atomic E-state index is 14.4. The van der Waals surface area contributed by atoms with E-state index in [2.05, 4.69) is 13.8 Å². The molecule has 1 nitrogen and oxygen atoms in total. The van der Waals surface area contributed by atoms with Crippen LogP contribution in [0.2, 0.25) is 0 Å². The molecule has 2 heteroatoms. The standard InChI is InChI=1S/C21H33FO/c1-3-8-19(18-13-11-17(4-2)12-14-18)15-20(22)16-23-21-9-6-5-7-10-21/h5-7,9-10,17-20H,3-4,8,11-16H2,1-2H3/t17-,18-,19?,20?. The summed E-state index contributed by atoms with van der Waals surface area (Å²) >= 11 is 0. The molecule has 0 N–H and O–H groups in total. The van der Waals surface area contributed by atoms with E-state index in [1.807, 2.05) is 30.3 Å². The lowest BCUT2D eigenvalue weighted by Crippen LogP contribution is -2.26. The van der Waals surface area contributed by atoms with Gasteiger partial charge in [-0.3, -0.25) is 0 Å². The van der Waals surface area contributed by atoms with Gasteiger partial charge >= 0.3 is 0 Å². The zero-order chi connectivity index (χ0) is 16.5. The monoisotopic (exact) mass is 320 g/mol. The van der Waals surface area contributed by atoms with Crippen molar-refractivity contribution in [2.75, 3.05) is 6.61 Å². The van der Waals surface area contributed by atoms with Crippen molar-refractivity contribution in [3.8, 4) is 5.75 Å². The van der Waals surface area contributed by atoms with Crippen LogP contribution in [0.4, 0.5) is 4.39 Å². The minimum atomic E-state index is -0.851. The van der Waals surface area contributed by atoms with E-state index in [-0.39, 0.29) is 6.61 Å². The Hall–Kier alpha value is -1.05. The molecule has 2 rings (SSSR count). The molecule has 0 spiro atoms. The molecule has 1 aromatic rings. The van der Waals surface area contributed by atoms with Crippen LogP contribution in [-0.4, -0.2) is 12.8 Å². The summed E-state index contributed by atoms with van der Waals surface area (Å²) in [5.74, 6) is 2.95. The van der Waals surface area contributed by atoms with Gasteiger partial charge in [-0.05, 0) is 49.1 Å². The van der Waals surface area contributed by atoms with Crippen LogP contribution in [0.15, 0.2) is 30.3 Å². The van der Waals surface area contributed by atoms with Crippen LogP contribution in [0.25, 0.3) is 0 Å². The van der Waals surface area contributed by atoms with Gasteiger partial charge in [-0.1, -0.05) is 64.2 Å². The third-order valence-electron chi connectivity index (χ3n) is 5.53. The fourth-order valence-electron chi connectivity index (χ4n) is 4.08. The second-order valence-corrected chi connectivity index (χ2v) is 7.19. The van der Waals surface area contributed by atoms with Crippen LogP contribution >= 0.6 is 0 Å². The van der Waals surface area contributed by atoms with Crippen LogP contribution in [0.3, 0.4) is 0 Å². The molecule has 1 saturated carbocycles. The molecule has 0 aliphatic heterocycles. The highest BCUT2D eigenvalue weighted by molar-refractivity contribution is 5.20. The molecule has 1 aliphatic rings. The molecule has 0 radical (unpaired) electrons. The molecule has 2 unspecified atom stereocenters. The van der Waals surface area contributed by atoms with Gasteiger partial charge in [0.2, 0.25) is 0 Å². The van der Waals surface area contributed by atoms with Gasteiger partial charge in [0.1, 0.15) is 18.5 Å². The minimum Gasteiger partial charge on any atom is -0.491 e. The van der Waals surface area contributed by atoms with E-state index in [4.69, 9.17) is 4.74 Å². The van der Waals surface area contributed by atoms with E-state index in [1.165, 1.54) is 32.1 Å². The van der Waals surface area contributed by atoms with Crippen molar-refractivity contribution in [1.29, 1.82) is 0 Å². The van der Waals surface area contributed by atoms with E-state index in [1.54, 1.807) is 0 Å². The maximum Gasteiger partial charge on any atom is 0.134 e. The summed E-state index contributed by atoms with van der Waals surface area (Å²) in [6.45, 7) is 4.71. The summed E-state index contributed by atoms with van der Waals surface area (Å²) in [7, 11) is 0. The third-order valence-corrected chi connectivity index (χ3v) is 5.53. The second kappa shape index (κ2) is 9.95. The second-order valence-electron chi connectivity index (χ2n) is 7.19. The fourth-order valence-corrected chi connectivity index (χ4v) is 4.08. The highest BCUT2D eigenvalue weighted by Crippen LogP contribution is 2.38. The Morgan fingerprint density at radius 1 is 1.09 bits per heavy atom. The SMILES string of the molecule is CCCC(CC(F)COc1ccccc1)[C@H]1CC[C@H](CC)CC1. The molecule has 23 heavy (non-hydrogen) atoms. The van der Waals surface area contributed by atoms with Crippen LogP contribution < -0.4 is 4.74 Å². The van der Waals surface area contributed by atoms with Crippen LogP contribution in [0.5, 0.6) is 5.75 Å². The normalized spacial score (nSPS) is 24.1. The predicted molar refractivity (Wildman–Crippen MR) is 95.6 cm³/mol. The number of hydrogen-bond acceptors (Lipinski definition) is 1. The van der Waals surface area contributed by atoms with Gasteiger partial charge in [-0.25, -0.2) is 4.39 Å². The Morgan fingerprint density at radius 3 is 2.39 bits per heavy atom. The topological polar surface area (TPSA) is 9.23 Å². The molecule has 1 aliphatic carbocycles. The quantitative estimate of drug-likeness (QED) is 0.509. The zero-order valence-electron chi connectivity index (χ0n) is 14.8. The summed E-state index contributed by atoms with van der Waals surface area (Å²) in [4.78, 5) is 0. The van der Waals surface area contributed by atoms with Crippen molar-refractivity contribution in [2.24, 2.45) is 17.8 Å². The van der Waals surface area contributed by atoms with Crippen LogP contribution in [0.1, 0.15) is 65.2 Å². The Bertz CT molecular complexity index is 411. The number of rotatable bonds is 9. The smallest absolute Gasteiger partial charge is 0.134 e. The van der Waals surface area contributed by atoms with Gasteiger partial charge in [0.05, 0.1) is 0 Å². The number of benzene rings is 1. The molecule has 0 heterocycles. The van der Waals surface area contributed by atoms with Gasteiger partial charge in [-0.2, -0.15) is 0 Å². The number of para-hydroxylation sites is 1. The zero-order valence-corrected chi connectivity index (χ0v) is 14.8. The summed E-state index contributed by atoms with van der Waals surface area (Å²) in [6, 6.07) is 9.58. The van der Waals surface area contributed by atoms with Crippen molar-refractivity contribution in [2.45, 2.75) is 71.4 Å². The largest absolute Gasteiger partial charge is 0.491 e. The molecule has 0 amide bonds. The molecule has 0 saturated heterocycles. The van der Waals surface area contributed by atoms with Crippen molar-refractivity contribution >= 4 is 0 Å². The lowest BCUT2D eigenvalue weighted by molar-refractivity contribution is 0.121. The van der Waals surface area contributed by atoms with E-state index in [0.29, 0.717) is 12.3 Å². The first-order valence-corrected chi connectivity index (χ1v) is 9.54. The maximum absolute atomic E-state index is 14.4.